The van der Waals surface area contributed by atoms with Crippen LogP contribution in [-0.2, 0) is 23.9 Å². The fourth-order valence-electron chi connectivity index (χ4n) is 1.41. The Hall–Kier alpha value is -3.41. The van der Waals surface area contributed by atoms with E-state index in [2.05, 4.69) is 24.5 Å². The van der Waals surface area contributed by atoms with Gasteiger partial charge in [-0.05, 0) is 25.0 Å². The second-order valence-corrected chi connectivity index (χ2v) is 5.57. The predicted molar refractivity (Wildman–Crippen MR) is 115 cm³/mol. The maximum atomic E-state index is 11.1. The maximum absolute atomic E-state index is 11.1. The van der Waals surface area contributed by atoms with E-state index in [9.17, 15) is 14.4 Å². The molecule has 1 rings (SSSR count). The molecule has 0 bridgehead atoms. The summed E-state index contributed by atoms with van der Waals surface area (Å²) in [4.78, 5) is 31.4. The molecule has 0 unspecified atom stereocenters. The van der Waals surface area contributed by atoms with Gasteiger partial charge in [0.15, 0.2) is 0 Å². The highest BCUT2D eigenvalue weighted by Crippen LogP contribution is 1.99. The van der Waals surface area contributed by atoms with Gasteiger partial charge in [-0.3, -0.25) is 0 Å². The minimum Gasteiger partial charge on any atom is -0.478 e. The standard InChI is InChI=1S/C10H14O4.C8H8.C5H8O2/c1-3-4-7-14-10(13)8(2)5-6-9(11)12;1-2-8-6-4-3-5-7-8;1-4(2)5(6)7-3/h5-6H,2-4,7H2,1H3,(H,11,12);2-7H,1H2;1H2,2-3H3. The molecule has 0 amide bonds. The molecule has 6 heteroatoms. The third kappa shape index (κ3) is 17.7. The van der Waals surface area contributed by atoms with Crippen molar-refractivity contribution >= 4 is 24.0 Å². The first-order valence-electron chi connectivity index (χ1n) is 8.87. The van der Waals surface area contributed by atoms with E-state index < -0.39 is 11.9 Å². The maximum Gasteiger partial charge on any atom is 0.337 e. The molecule has 0 aliphatic heterocycles. The molecule has 0 atom stereocenters. The highest BCUT2D eigenvalue weighted by molar-refractivity contribution is 5.93. The molecule has 0 heterocycles. The van der Waals surface area contributed by atoms with Crippen LogP contribution in [0, 0.1) is 0 Å². The van der Waals surface area contributed by atoms with Crippen LogP contribution >= 0.6 is 0 Å². The van der Waals surface area contributed by atoms with E-state index in [1.54, 1.807) is 6.92 Å². The van der Waals surface area contributed by atoms with Crippen LogP contribution in [0.2, 0.25) is 0 Å². The number of benzene rings is 1. The second-order valence-electron chi connectivity index (χ2n) is 5.57. The van der Waals surface area contributed by atoms with Gasteiger partial charge in [0, 0.05) is 11.6 Å². The van der Waals surface area contributed by atoms with Gasteiger partial charge in [0.2, 0.25) is 0 Å². The molecule has 6 nitrogen and oxygen atoms in total. The molecule has 0 radical (unpaired) electrons. The van der Waals surface area contributed by atoms with Crippen LogP contribution in [0.1, 0.15) is 32.3 Å². The van der Waals surface area contributed by atoms with Crippen LogP contribution < -0.4 is 0 Å². The number of methoxy groups -OCH3 is 1. The lowest BCUT2D eigenvalue weighted by atomic mass is 10.2. The fourth-order valence-corrected chi connectivity index (χ4v) is 1.41. The van der Waals surface area contributed by atoms with Crippen molar-refractivity contribution in [2.24, 2.45) is 0 Å². The molecule has 0 spiro atoms. The first kappa shape index (κ1) is 27.8. The van der Waals surface area contributed by atoms with E-state index in [4.69, 9.17) is 9.84 Å². The van der Waals surface area contributed by atoms with Gasteiger partial charge in [-0.1, -0.05) is 69.5 Å². The minimum atomic E-state index is -1.12. The van der Waals surface area contributed by atoms with Crippen LogP contribution in [0.4, 0.5) is 0 Å². The van der Waals surface area contributed by atoms with Gasteiger partial charge in [0.25, 0.3) is 0 Å². The number of ether oxygens (including phenoxy) is 2. The van der Waals surface area contributed by atoms with E-state index in [-0.39, 0.29) is 11.5 Å². The molecule has 0 fully saturated rings. The molecule has 0 saturated carbocycles. The Bertz CT molecular complexity index is 701. The summed E-state index contributed by atoms with van der Waals surface area (Å²) in [6.45, 7) is 14.3. The van der Waals surface area contributed by atoms with E-state index in [0.717, 1.165) is 25.0 Å². The number of aliphatic carboxylic acids is 1. The van der Waals surface area contributed by atoms with Crippen LogP contribution in [0.3, 0.4) is 0 Å². The lowest BCUT2D eigenvalue weighted by molar-refractivity contribution is -0.138. The van der Waals surface area contributed by atoms with Gasteiger partial charge < -0.3 is 14.6 Å². The second kappa shape index (κ2) is 18.0. The van der Waals surface area contributed by atoms with E-state index in [1.807, 2.05) is 43.3 Å². The molecule has 0 aromatic heterocycles. The number of rotatable bonds is 8. The number of esters is 2. The molecule has 1 aromatic rings. The first-order chi connectivity index (χ1) is 13.7. The number of carboxylic acid groups (broad SMARTS) is 1. The Morgan fingerprint density at radius 1 is 1.07 bits per heavy atom. The summed E-state index contributed by atoms with van der Waals surface area (Å²) in [7, 11) is 1.33. The third-order valence-corrected chi connectivity index (χ3v) is 2.99. The largest absolute Gasteiger partial charge is 0.478 e. The van der Waals surface area contributed by atoms with Gasteiger partial charge in [-0.2, -0.15) is 0 Å². The first-order valence-corrected chi connectivity index (χ1v) is 8.87. The van der Waals surface area contributed by atoms with E-state index in [0.29, 0.717) is 12.2 Å². The molecule has 0 saturated heterocycles. The molecular weight excluding hydrogens is 372 g/mol. The zero-order chi connectivity index (χ0) is 22.7. The Kier molecular flexibility index (Phi) is 17.2. The van der Waals surface area contributed by atoms with Crippen molar-refractivity contribution in [3.8, 4) is 0 Å². The van der Waals surface area contributed by atoms with Crippen molar-refractivity contribution in [2.75, 3.05) is 13.7 Å². The number of carboxylic acids is 1. The zero-order valence-corrected chi connectivity index (χ0v) is 17.3. The Morgan fingerprint density at radius 3 is 2.00 bits per heavy atom. The van der Waals surface area contributed by atoms with Crippen molar-refractivity contribution in [2.45, 2.75) is 26.7 Å². The molecule has 0 aliphatic carbocycles. The van der Waals surface area contributed by atoms with Crippen LogP contribution in [-0.4, -0.2) is 36.7 Å². The van der Waals surface area contributed by atoms with Crippen LogP contribution in [0.25, 0.3) is 6.08 Å². The average molecular weight is 402 g/mol. The Morgan fingerprint density at radius 2 is 1.66 bits per heavy atom. The highest BCUT2D eigenvalue weighted by atomic mass is 16.5. The molecule has 0 aliphatic rings. The summed E-state index contributed by atoms with van der Waals surface area (Å²) < 4.78 is 9.07. The van der Waals surface area contributed by atoms with Crippen molar-refractivity contribution in [3.05, 3.63) is 78.9 Å². The predicted octanol–water partition coefficient (Wildman–Crippen LogP) is 4.59. The summed E-state index contributed by atoms with van der Waals surface area (Å²) in [5.41, 5.74) is 1.65. The van der Waals surface area contributed by atoms with E-state index in [1.165, 1.54) is 12.7 Å². The zero-order valence-electron chi connectivity index (χ0n) is 17.3. The minimum absolute atomic E-state index is 0.0449. The van der Waals surface area contributed by atoms with E-state index >= 15 is 0 Å². The summed E-state index contributed by atoms with van der Waals surface area (Å²) >= 11 is 0. The smallest absolute Gasteiger partial charge is 0.337 e. The Balaban J connectivity index is 0. The lowest BCUT2D eigenvalue weighted by Gasteiger charge is -2.02. The van der Waals surface area contributed by atoms with Gasteiger partial charge in [0.05, 0.1) is 19.3 Å². The van der Waals surface area contributed by atoms with Gasteiger partial charge in [0.1, 0.15) is 0 Å². The number of carbonyl (C=O) groups is 3. The van der Waals surface area contributed by atoms with Gasteiger partial charge in [-0.15, -0.1) is 0 Å². The summed E-state index contributed by atoms with van der Waals surface area (Å²) in [6.07, 6.45) is 5.53. The molecule has 1 aromatic carbocycles. The summed E-state index contributed by atoms with van der Waals surface area (Å²) in [6, 6.07) is 10.0. The highest BCUT2D eigenvalue weighted by Gasteiger charge is 2.04. The number of unbranched alkanes of at least 4 members (excludes halogenated alkanes) is 1. The van der Waals surface area contributed by atoms with Crippen molar-refractivity contribution in [1.29, 1.82) is 0 Å². The number of carbonyl (C=O) groups excluding carboxylic acids is 2. The SMILES string of the molecule is C=C(C)C(=O)OC.C=C(C=CC(=O)O)C(=O)OCCCC.C=Cc1ccccc1. The molecular formula is C23H30O6. The van der Waals surface area contributed by atoms with Crippen molar-refractivity contribution in [1.82, 2.24) is 0 Å². The fraction of sp³-hybridized carbons (Fsp3) is 0.261. The average Bonchev–Trinajstić information content (AvgIpc) is 2.72. The number of hydrogen-bond acceptors (Lipinski definition) is 5. The monoisotopic (exact) mass is 402 g/mol. The summed E-state index contributed by atoms with van der Waals surface area (Å²) in [5, 5.41) is 8.28. The van der Waals surface area contributed by atoms with Crippen LogP contribution in [0.15, 0.2) is 73.4 Å². The van der Waals surface area contributed by atoms with Gasteiger partial charge >= 0.3 is 17.9 Å². The summed E-state index contributed by atoms with van der Waals surface area (Å²) in [5.74, 6) is -2.04. The lowest BCUT2D eigenvalue weighted by Crippen LogP contribution is -2.07. The third-order valence-electron chi connectivity index (χ3n) is 2.99. The molecule has 29 heavy (non-hydrogen) atoms. The molecule has 158 valence electrons. The van der Waals surface area contributed by atoms with Crippen molar-refractivity contribution < 1.29 is 29.0 Å². The normalized spacial score (nSPS) is 9.07. The quantitative estimate of drug-likeness (QED) is 0.296. The van der Waals surface area contributed by atoms with Crippen molar-refractivity contribution in [3.63, 3.8) is 0 Å². The topological polar surface area (TPSA) is 89.9 Å². The molecule has 1 N–H and O–H groups in total. The number of hydrogen-bond donors (Lipinski definition) is 1. The van der Waals surface area contributed by atoms with Gasteiger partial charge in [-0.25, -0.2) is 14.4 Å². The Labute approximate surface area is 172 Å². The van der Waals surface area contributed by atoms with Crippen LogP contribution in [0.5, 0.6) is 0 Å².